The van der Waals surface area contributed by atoms with E-state index >= 15 is 0 Å². The summed E-state index contributed by atoms with van der Waals surface area (Å²) >= 11 is 0. The maximum atomic E-state index is 13.0. The van der Waals surface area contributed by atoms with Crippen LogP contribution in [-0.4, -0.2) is 18.4 Å². The van der Waals surface area contributed by atoms with Crippen molar-refractivity contribution in [1.82, 2.24) is 5.32 Å². The number of ether oxygens (including phenoxy) is 1. The van der Waals surface area contributed by atoms with Crippen molar-refractivity contribution >= 4 is 17.5 Å². The molecule has 140 valence electrons. The zero-order valence-electron chi connectivity index (χ0n) is 15.2. The van der Waals surface area contributed by atoms with Crippen molar-refractivity contribution in [3.63, 3.8) is 0 Å². The summed E-state index contributed by atoms with van der Waals surface area (Å²) < 4.78 is 5.66. The first-order chi connectivity index (χ1) is 13.7. The highest BCUT2D eigenvalue weighted by molar-refractivity contribution is 6.09. The molecule has 0 bridgehead atoms. The van der Waals surface area contributed by atoms with Gasteiger partial charge in [0, 0.05) is 17.5 Å². The topological polar surface area (TPSA) is 67.4 Å². The fraction of sp³-hybridized carbons (Fsp3) is 0.130. The molecule has 0 radical (unpaired) electrons. The second-order valence-corrected chi connectivity index (χ2v) is 6.57. The Kier molecular flexibility index (Phi) is 5.06. The van der Waals surface area contributed by atoms with Gasteiger partial charge in [-0.25, -0.2) is 0 Å². The third-order valence-electron chi connectivity index (χ3n) is 4.72. The van der Waals surface area contributed by atoms with Crippen LogP contribution in [0.4, 0.5) is 5.69 Å². The van der Waals surface area contributed by atoms with E-state index in [4.69, 9.17) is 4.74 Å². The van der Waals surface area contributed by atoms with E-state index in [2.05, 4.69) is 10.6 Å². The number of rotatable bonds is 4. The zero-order valence-corrected chi connectivity index (χ0v) is 15.2. The standard InChI is InChI=1S/C23H20N2O3/c26-22(16-8-2-1-3-9-16)24-19-12-6-4-11-18(19)23(27)25-20-14-15-28-21-13-7-5-10-17(20)21/h1-13,20H,14-15H2,(H,24,26)(H,25,27)/t20-/m0/s1. The quantitative estimate of drug-likeness (QED) is 0.721. The van der Waals surface area contributed by atoms with Crippen LogP contribution in [0, 0.1) is 0 Å². The molecule has 1 atom stereocenters. The second-order valence-electron chi connectivity index (χ2n) is 6.57. The minimum atomic E-state index is -0.253. The van der Waals surface area contributed by atoms with Crippen molar-refractivity contribution in [2.45, 2.75) is 12.5 Å². The summed E-state index contributed by atoms with van der Waals surface area (Å²) in [6.45, 7) is 0.550. The molecule has 3 aromatic rings. The number of para-hydroxylation sites is 2. The van der Waals surface area contributed by atoms with Crippen LogP contribution >= 0.6 is 0 Å². The van der Waals surface area contributed by atoms with Gasteiger partial charge >= 0.3 is 0 Å². The Hall–Kier alpha value is -3.60. The molecule has 0 saturated heterocycles. The van der Waals surface area contributed by atoms with Crippen molar-refractivity contribution < 1.29 is 14.3 Å². The molecule has 0 saturated carbocycles. The summed E-state index contributed by atoms with van der Waals surface area (Å²) in [5.41, 5.74) is 2.41. The molecule has 1 aliphatic heterocycles. The number of hydrogen-bond donors (Lipinski definition) is 2. The molecule has 0 spiro atoms. The number of anilines is 1. The van der Waals surface area contributed by atoms with E-state index in [9.17, 15) is 9.59 Å². The van der Waals surface area contributed by atoms with Gasteiger partial charge in [0.15, 0.2) is 0 Å². The lowest BCUT2D eigenvalue weighted by Gasteiger charge is -2.27. The van der Waals surface area contributed by atoms with Crippen LogP contribution < -0.4 is 15.4 Å². The molecule has 1 heterocycles. The predicted molar refractivity (Wildman–Crippen MR) is 108 cm³/mol. The minimum Gasteiger partial charge on any atom is -0.493 e. The molecule has 5 nitrogen and oxygen atoms in total. The van der Waals surface area contributed by atoms with Crippen molar-refractivity contribution in [3.8, 4) is 5.75 Å². The smallest absolute Gasteiger partial charge is 0.255 e. The van der Waals surface area contributed by atoms with E-state index in [1.165, 1.54) is 0 Å². The van der Waals surface area contributed by atoms with Crippen molar-refractivity contribution in [3.05, 3.63) is 95.6 Å². The number of amides is 2. The molecule has 0 fully saturated rings. The van der Waals surface area contributed by atoms with Gasteiger partial charge in [-0.1, -0.05) is 48.5 Å². The molecule has 2 amide bonds. The highest BCUT2D eigenvalue weighted by Gasteiger charge is 2.24. The molecule has 0 aromatic heterocycles. The van der Waals surface area contributed by atoms with Crippen LogP contribution in [0.25, 0.3) is 0 Å². The van der Waals surface area contributed by atoms with E-state index in [0.717, 1.165) is 11.3 Å². The van der Waals surface area contributed by atoms with E-state index < -0.39 is 0 Å². The Morgan fingerprint density at radius 2 is 1.54 bits per heavy atom. The Morgan fingerprint density at radius 3 is 2.39 bits per heavy atom. The minimum absolute atomic E-state index is 0.129. The summed E-state index contributed by atoms with van der Waals surface area (Å²) in [7, 11) is 0. The lowest BCUT2D eigenvalue weighted by Crippen LogP contribution is -2.32. The average Bonchev–Trinajstić information content (AvgIpc) is 2.75. The average molecular weight is 372 g/mol. The number of fused-ring (bicyclic) bond motifs is 1. The molecule has 28 heavy (non-hydrogen) atoms. The lowest BCUT2D eigenvalue weighted by molar-refractivity contribution is 0.0925. The van der Waals surface area contributed by atoms with Crippen LogP contribution in [0.3, 0.4) is 0 Å². The van der Waals surface area contributed by atoms with Crippen LogP contribution in [0.1, 0.15) is 38.7 Å². The molecular formula is C23H20N2O3. The second kappa shape index (κ2) is 7.96. The maximum absolute atomic E-state index is 13.0. The fourth-order valence-corrected chi connectivity index (χ4v) is 3.30. The van der Waals surface area contributed by atoms with E-state index in [-0.39, 0.29) is 17.9 Å². The first kappa shape index (κ1) is 17.8. The summed E-state index contributed by atoms with van der Waals surface area (Å²) in [5.74, 6) is 0.313. The molecule has 3 aromatic carbocycles. The number of hydrogen-bond acceptors (Lipinski definition) is 3. The van der Waals surface area contributed by atoms with Crippen molar-refractivity contribution in [2.75, 3.05) is 11.9 Å². The molecule has 5 heteroatoms. The van der Waals surface area contributed by atoms with Gasteiger partial charge in [0.2, 0.25) is 0 Å². The fourth-order valence-electron chi connectivity index (χ4n) is 3.30. The highest BCUT2D eigenvalue weighted by Crippen LogP contribution is 2.32. The summed E-state index contributed by atoms with van der Waals surface area (Å²) in [5, 5.41) is 5.91. The molecule has 0 aliphatic carbocycles. The molecular weight excluding hydrogens is 352 g/mol. The lowest BCUT2D eigenvalue weighted by atomic mass is 10.00. The molecule has 1 aliphatic rings. The summed E-state index contributed by atoms with van der Waals surface area (Å²) in [4.78, 5) is 25.4. The first-order valence-corrected chi connectivity index (χ1v) is 9.20. The highest BCUT2D eigenvalue weighted by atomic mass is 16.5. The van der Waals surface area contributed by atoms with Gasteiger partial charge < -0.3 is 15.4 Å². The Labute approximate surface area is 163 Å². The van der Waals surface area contributed by atoms with Gasteiger partial charge in [0.1, 0.15) is 5.75 Å². The number of nitrogens with one attached hydrogen (secondary N) is 2. The third-order valence-corrected chi connectivity index (χ3v) is 4.72. The van der Waals surface area contributed by atoms with Gasteiger partial charge in [-0.05, 0) is 30.3 Å². The molecule has 4 rings (SSSR count). The van der Waals surface area contributed by atoms with Crippen LogP contribution in [0.15, 0.2) is 78.9 Å². The molecule has 0 unspecified atom stereocenters. The monoisotopic (exact) mass is 372 g/mol. The number of carbonyl (C=O) groups is 2. The Morgan fingerprint density at radius 1 is 0.821 bits per heavy atom. The van der Waals surface area contributed by atoms with E-state index in [0.29, 0.717) is 29.8 Å². The SMILES string of the molecule is O=C(Nc1ccccc1C(=O)N[C@H]1CCOc2ccccc21)c1ccccc1. The van der Waals surface area contributed by atoms with E-state index in [1.54, 1.807) is 48.5 Å². The predicted octanol–water partition coefficient (Wildman–Crippen LogP) is 4.19. The van der Waals surface area contributed by atoms with Gasteiger partial charge in [0.25, 0.3) is 11.8 Å². The zero-order chi connectivity index (χ0) is 19.3. The summed E-state index contributed by atoms with van der Waals surface area (Å²) in [6, 6.07) is 23.5. The number of carbonyl (C=O) groups excluding carboxylic acids is 2. The maximum Gasteiger partial charge on any atom is 0.255 e. The van der Waals surface area contributed by atoms with Gasteiger partial charge in [-0.3, -0.25) is 9.59 Å². The Balaban J connectivity index is 1.54. The van der Waals surface area contributed by atoms with Crippen LogP contribution in [-0.2, 0) is 0 Å². The van der Waals surface area contributed by atoms with Crippen LogP contribution in [0.5, 0.6) is 5.75 Å². The van der Waals surface area contributed by atoms with Crippen LogP contribution in [0.2, 0.25) is 0 Å². The first-order valence-electron chi connectivity index (χ1n) is 9.20. The van der Waals surface area contributed by atoms with E-state index in [1.807, 2.05) is 30.3 Å². The summed E-state index contributed by atoms with van der Waals surface area (Å²) in [6.07, 6.45) is 0.696. The molecule has 2 N–H and O–H groups in total. The van der Waals surface area contributed by atoms with Crippen molar-refractivity contribution in [2.24, 2.45) is 0 Å². The number of benzene rings is 3. The Bertz CT molecular complexity index is 1000. The van der Waals surface area contributed by atoms with Gasteiger partial charge in [-0.2, -0.15) is 0 Å². The van der Waals surface area contributed by atoms with Gasteiger partial charge in [0.05, 0.1) is 23.9 Å². The van der Waals surface area contributed by atoms with Crippen molar-refractivity contribution in [1.29, 1.82) is 0 Å². The third kappa shape index (κ3) is 3.74. The van der Waals surface area contributed by atoms with Gasteiger partial charge in [-0.15, -0.1) is 0 Å². The largest absolute Gasteiger partial charge is 0.493 e. The normalized spacial score (nSPS) is 15.1.